The van der Waals surface area contributed by atoms with Crippen LogP contribution in [0.3, 0.4) is 0 Å². The van der Waals surface area contributed by atoms with E-state index in [4.69, 9.17) is 5.73 Å². The maximum absolute atomic E-state index is 5.23. The molecule has 0 amide bonds. The van der Waals surface area contributed by atoms with Gasteiger partial charge in [0.2, 0.25) is 0 Å². The molecule has 1 aromatic rings. The van der Waals surface area contributed by atoms with E-state index >= 15 is 0 Å². The topological polar surface area (TPSA) is 26.0 Å². The Balaban J connectivity index is 2.82. The van der Waals surface area contributed by atoms with Crippen molar-refractivity contribution in [3.63, 3.8) is 0 Å². The normalized spacial score (nSPS) is 8.55. The third kappa shape index (κ3) is 2.45. The van der Waals surface area contributed by atoms with Gasteiger partial charge in [-0.3, -0.25) is 0 Å². The van der Waals surface area contributed by atoms with Gasteiger partial charge in [-0.25, -0.2) is 0 Å². The molecule has 11 heavy (non-hydrogen) atoms. The minimum Gasteiger partial charge on any atom is -0.320 e. The fourth-order valence-corrected chi connectivity index (χ4v) is 0.790. The Morgan fingerprint density at radius 2 is 1.91 bits per heavy atom. The largest absolute Gasteiger partial charge is 0.320 e. The highest BCUT2D eigenvalue weighted by atomic mass is 14.5. The zero-order chi connectivity index (χ0) is 8.10. The van der Waals surface area contributed by atoms with Crippen LogP contribution in [0.1, 0.15) is 11.1 Å². The minimum atomic E-state index is 0.424. The molecule has 0 radical (unpaired) electrons. The predicted molar refractivity (Wildman–Crippen MR) is 47.1 cm³/mol. The van der Waals surface area contributed by atoms with Crippen molar-refractivity contribution in [2.75, 3.05) is 6.54 Å². The molecule has 0 aliphatic rings. The first-order valence-electron chi connectivity index (χ1n) is 3.58. The van der Waals surface area contributed by atoms with E-state index in [0.29, 0.717) is 6.54 Å². The first kappa shape index (κ1) is 7.84. The van der Waals surface area contributed by atoms with Crippen LogP contribution < -0.4 is 5.73 Å². The van der Waals surface area contributed by atoms with Gasteiger partial charge in [-0.1, -0.05) is 29.5 Å². The van der Waals surface area contributed by atoms with Gasteiger partial charge in [0.1, 0.15) is 0 Å². The maximum Gasteiger partial charge on any atom is 0.0555 e. The first-order valence-corrected chi connectivity index (χ1v) is 3.58. The average Bonchev–Trinajstić information content (AvgIpc) is 2.04. The molecule has 2 N–H and O–H groups in total. The summed E-state index contributed by atoms with van der Waals surface area (Å²) in [6, 6.07) is 8.08. The molecule has 0 atom stereocenters. The number of hydrogen-bond donors (Lipinski definition) is 1. The average molecular weight is 145 g/mol. The lowest BCUT2D eigenvalue weighted by molar-refractivity contribution is 1.30. The van der Waals surface area contributed by atoms with Crippen LogP contribution in [0.4, 0.5) is 0 Å². The van der Waals surface area contributed by atoms with Gasteiger partial charge in [-0.05, 0) is 19.1 Å². The number of nitrogens with two attached hydrogens (primary N) is 1. The van der Waals surface area contributed by atoms with Crippen LogP contribution in [-0.4, -0.2) is 6.54 Å². The predicted octanol–water partition coefficient (Wildman–Crippen LogP) is 1.31. The molecule has 1 nitrogen and oxygen atoms in total. The summed E-state index contributed by atoms with van der Waals surface area (Å²) in [6.07, 6.45) is 0. The second kappa shape index (κ2) is 3.80. The van der Waals surface area contributed by atoms with Crippen LogP contribution in [0.5, 0.6) is 0 Å². The molecule has 1 aromatic carbocycles. The molecule has 0 bridgehead atoms. The molecule has 0 aromatic heterocycles. The smallest absolute Gasteiger partial charge is 0.0555 e. The van der Waals surface area contributed by atoms with Crippen LogP contribution in [0.25, 0.3) is 0 Å². The van der Waals surface area contributed by atoms with Crippen molar-refractivity contribution < 1.29 is 0 Å². The highest BCUT2D eigenvalue weighted by Crippen LogP contribution is 2.00. The Hall–Kier alpha value is -1.26. The molecular weight excluding hydrogens is 134 g/mol. The van der Waals surface area contributed by atoms with Crippen LogP contribution in [0.2, 0.25) is 0 Å². The second-order valence-corrected chi connectivity index (χ2v) is 2.37. The van der Waals surface area contributed by atoms with E-state index in [1.807, 2.05) is 24.3 Å². The summed E-state index contributed by atoms with van der Waals surface area (Å²) in [5, 5.41) is 0. The van der Waals surface area contributed by atoms with Crippen LogP contribution in [-0.2, 0) is 0 Å². The molecule has 0 unspecified atom stereocenters. The zero-order valence-corrected chi connectivity index (χ0v) is 6.59. The lowest BCUT2D eigenvalue weighted by Gasteiger charge is -1.90. The van der Waals surface area contributed by atoms with E-state index in [1.165, 1.54) is 5.56 Å². The van der Waals surface area contributed by atoms with Gasteiger partial charge in [0.25, 0.3) is 0 Å². The molecular formula is C10H11N. The van der Waals surface area contributed by atoms with E-state index in [9.17, 15) is 0 Å². The van der Waals surface area contributed by atoms with Gasteiger partial charge in [0, 0.05) is 5.56 Å². The highest BCUT2D eigenvalue weighted by molar-refractivity contribution is 5.35. The van der Waals surface area contributed by atoms with Gasteiger partial charge in [-0.2, -0.15) is 0 Å². The summed E-state index contributed by atoms with van der Waals surface area (Å²) in [5.41, 5.74) is 7.51. The maximum atomic E-state index is 5.23. The lowest BCUT2D eigenvalue weighted by atomic mass is 10.2. The van der Waals surface area contributed by atoms with Gasteiger partial charge < -0.3 is 5.73 Å². The number of aryl methyl sites for hydroxylation is 1. The fraction of sp³-hybridized carbons (Fsp3) is 0.200. The van der Waals surface area contributed by atoms with Crippen LogP contribution >= 0.6 is 0 Å². The van der Waals surface area contributed by atoms with Crippen molar-refractivity contribution in [2.24, 2.45) is 5.73 Å². The zero-order valence-electron chi connectivity index (χ0n) is 6.59. The molecule has 0 spiro atoms. The third-order valence-corrected chi connectivity index (χ3v) is 1.39. The van der Waals surface area contributed by atoms with Crippen molar-refractivity contribution in [3.8, 4) is 11.8 Å². The fourth-order valence-electron chi connectivity index (χ4n) is 0.790. The summed E-state index contributed by atoms with van der Waals surface area (Å²) in [6.45, 7) is 2.48. The molecule has 0 saturated carbocycles. The Kier molecular flexibility index (Phi) is 2.71. The summed E-state index contributed by atoms with van der Waals surface area (Å²) >= 11 is 0. The standard InChI is InChI=1S/C10H11N/c1-9-4-6-10(7-5-9)3-2-8-11/h4-7H,8,11H2,1H3. The Morgan fingerprint density at radius 3 is 2.45 bits per heavy atom. The third-order valence-electron chi connectivity index (χ3n) is 1.39. The Labute approximate surface area is 67.2 Å². The van der Waals surface area contributed by atoms with Crippen LogP contribution in [0, 0.1) is 18.8 Å². The monoisotopic (exact) mass is 145 g/mol. The van der Waals surface area contributed by atoms with E-state index in [1.54, 1.807) is 0 Å². The quantitative estimate of drug-likeness (QED) is 0.547. The minimum absolute atomic E-state index is 0.424. The molecule has 0 aliphatic carbocycles. The van der Waals surface area contributed by atoms with Crippen molar-refractivity contribution >= 4 is 0 Å². The first-order chi connectivity index (χ1) is 5.33. The summed E-state index contributed by atoms with van der Waals surface area (Å²) in [5.74, 6) is 5.76. The van der Waals surface area contributed by atoms with Crippen molar-refractivity contribution in [2.45, 2.75) is 6.92 Å². The van der Waals surface area contributed by atoms with Gasteiger partial charge >= 0.3 is 0 Å². The van der Waals surface area contributed by atoms with Crippen molar-refractivity contribution in [1.82, 2.24) is 0 Å². The van der Waals surface area contributed by atoms with Gasteiger partial charge in [0.15, 0.2) is 0 Å². The lowest BCUT2D eigenvalue weighted by Crippen LogP contribution is -1.92. The SMILES string of the molecule is Cc1ccc(C#CCN)cc1. The molecule has 0 aliphatic heterocycles. The summed E-state index contributed by atoms with van der Waals surface area (Å²) in [4.78, 5) is 0. The van der Waals surface area contributed by atoms with Crippen LogP contribution in [0.15, 0.2) is 24.3 Å². The number of rotatable bonds is 0. The summed E-state index contributed by atoms with van der Waals surface area (Å²) < 4.78 is 0. The van der Waals surface area contributed by atoms with Gasteiger partial charge in [0.05, 0.1) is 6.54 Å². The van der Waals surface area contributed by atoms with Crippen molar-refractivity contribution in [3.05, 3.63) is 35.4 Å². The second-order valence-electron chi connectivity index (χ2n) is 2.37. The molecule has 0 fully saturated rings. The number of hydrogen-bond acceptors (Lipinski definition) is 1. The van der Waals surface area contributed by atoms with E-state index < -0.39 is 0 Å². The Morgan fingerprint density at radius 1 is 1.27 bits per heavy atom. The summed E-state index contributed by atoms with van der Waals surface area (Å²) in [7, 11) is 0. The van der Waals surface area contributed by atoms with E-state index in [0.717, 1.165) is 5.56 Å². The van der Waals surface area contributed by atoms with Gasteiger partial charge in [-0.15, -0.1) is 0 Å². The molecule has 56 valence electrons. The molecule has 1 heteroatoms. The molecule has 0 heterocycles. The van der Waals surface area contributed by atoms with E-state index in [2.05, 4.69) is 18.8 Å². The highest BCUT2D eigenvalue weighted by Gasteiger charge is 1.83. The van der Waals surface area contributed by atoms with E-state index in [-0.39, 0.29) is 0 Å². The van der Waals surface area contributed by atoms with Crippen molar-refractivity contribution in [1.29, 1.82) is 0 Å². The Bertz CT molecular complexity index is 274. The molecule has 1 rings (SSSR count). The molecule has 0 saturated heterocycles. The number of benzene rings is 1.